The van der Waals surface area contributed by atoms with Crippen LogP contribution in [0.15, 0.2) is 22.7 Å². The Hall–Kier alpha value is -1.11. The molecule has 2 N–H and O–H groups in total. The third-order valence-electron chi connectivity index (χ3n) is 3.55. The number of rotatable bonds is 6. The van der Waals surface area contributed by atoms with Crippen LogP contribution in [0, 0.1) is 6.92 Å². The average molecular weight is 357 g/mol. The number of hydrogen-bond acceptors (Lipinski definition) is 4. The standard InChI is InChI=1S/C15H21BrN2O3/c1-10-3-4-14(12(16)7-10)21-9-11(19)8-17-13-5-6-18(2)15(13)20/h3-4,7,11,13,17,19H,5-6,8-9H2,1-2H3. The molecule has 2 unspecified atom stereocenters. The SMILES string of the molecule is Cc1ccc(OCC(O)CNC2CCN(C)C2=O)c(Br)c1. The molecule has 21 heavy (non-hydrogen) atoms. The Bertz CT molecular complexity index is 510. The number of amides is 1. The van der Waals surface area contributed by atoms with Gasteiger partial charge in [0.2, 0.25) is 5.91 Å². The van der Waals surface area contributed by atoms with Crippen LogP contribution in [0.5, 0.6) is 5.75 Å². The molecule has 1 aromatic carbocycles. The van der Waals surface area contributed by atoms with E-state index in [2.05, 4.69) is 21.2 Å². The van der Waals surface area contributed by atoms with Crippen molar-refractivity contribution >= 4 is 21.8 Å². The predicted octanol–water partition coefficient (Wildman–Crippen LogP) is 1.32. The number of ether oxygens (including phenoxy) is 1. The van der Waals surface area contributed by atoms with Crippen LogP contribution in [0.1, 0.15) is 12.0 Å². The van der Waals surface area contributed by atoms with Gasteiger partial charge < -0.3 is 20.1 Å². The van der Waals surface area contributed by atoms with Crippen LogP contribution in [0.3, 0.4) is 0 Å². The highest BCUT2D eigenvalue weighted by Gasteiger charge is 2.28. The zero-order valence-electron chi connectivity index (χ0n) is 12.3. The number of likely N-dealkylation sites (tertiary alicyclic amines) is 1. The molecule has 0 aliphatic carbocycles. The van der Waals surface area contributed by atoms with Gasteiger partial charge >= 0.3 is 0 Å². The number of aliphatic hydroxyl groups excluding tert-OH is 1. The first-order chi connectivity index (χ1) is 9.97. The van der Waals surface area contributed by atoms with Crippen LogP contribution in [-0.4, -0.2) is 54.8 Å². The zero-order valence-corrected chi connectivity index (χ0v) is 13.9. The van der Waals surface area contributed by atoms with E-state index in [1.165, 1.54) is 0 Å². The van der Waals surface area contributed by atoms with E-state index in [9.17, 15) is 9.90 Å². The van der Waals surface area contributed by atoms with E-state index in [1.54, 1.807) is 11.9 Å². The number of nitrogens with one attached hydrogen (secondary N) is 1. The summed E-state index contributed by atoms with van der Waals surface area (Å²) in [6.07, 6.45) is 0.129. The van der Waals surface area contributed by atoms with Gasteiger partial charge in [-0.2, -0.15) is 0 Å². The summed E-state index contributed by atoms with van der Waals surface area (Å²) in [5.41, 5.74) is 1.14. The normalized spacial score (nSPS) is 19.9. The Balaban J connectivity index is 1.75. The molecule has 0 bridgehead atoms. The van der Waals surface area contributed by atoms with Gasteiger partial charge in [0.25, 0.3) is 0 Å². The largest absolute Gasteiger partial charge is 0.490 e. The molecule has 1 aliphatic heterocycles. The summed E-state index contributed by atoms with van der Waals surface area (Å²) in [5, 5.41) is 13.0. The van der Waals surface area contributed by atoms with Crippen molar-refractivity contribution in [1.82, 2.24) is 10.2 Å². The first-order valence-corrected chi connectivity index (χ1v) is 7.82. The van der Waals surface area contributed by atoms with Gasteiger partial charge in [-0.3, -0.25) is 4.79 Å². The molecule has 2 rings (SSSR count). The second-order valence-corrected chi connectivity index (χ2v) is 6.26. The third kappa shape index (κ3) is 4.43. The first kappa shape index (κ1) is 16.3. The molecule has 1 fully saturated rings. The summed E-state index contributed by atoms with van der Waals surface area (Å²) >= 11 is 3.43. The number of benzene rings is 1. The van der Waals surface area contributed by atoms with Crippen molar-refractivity contribution in [2.45, 2.75) is 25.5 Å². The number of carbonyl (C=O) groups is 1. The van der Waals surface area contributed by atoms with Crippen LogP contribution >= 0.6 is 15.9 Å². The number of likely N-dealkylation sites (N-methyl/N-ethyl adjacent to an activating group) is 1. The van der Waals surface area contributed by atoms with Crippen molar-refractivity contribution in [3.63, 3.8) is 0 Å². The van der Waals surface area contributed by atoms with Crippen molar-refractivity contribution < 1.29 is 14.6 Å². The molecular weight excluding hydrogens is 336 g/mol. The van der Waals surface area contributed by atoms with Gasteiger partial charge in [0.1, 0.15) is 18.5 Å². The van der Waals surface area contributed by atoms with Crippen molar-refractivity contribution in [2.75, 3.05) is 26.7 Å². The topological polar surface area (TPSA) is 61.8 Å². The van der Waals surface area contributed by atoms with E-state index in [0.717, 1.165) is 23.0 Å². The van der Waals surface area contributed by atoms with Crippen LogP contribution < -0.4 is 10.1 Å². The summed E-state index contributed by atoms with van der Waals surface area (Å²) in [4.78, 5) is 13.4. The maximum atomic E-state index is 11.7. The lowest BCUT2D eigenvalue weighted by Crippen LogP contribution is -2.42. The summed E-state index contributed by atoms with van der Waals surface area (Å²) in [5.74, 6) is 0.792. The molecule has 1 aromatic rings. The summed E-state index contributed by atoms with van der Waals surface area (Å²) in [6.45, 7) is 3.29. The monoisotopic (exact) mass is 356 g/mol. The quantitative estimate of drug-likeness (QED) is 0.806. The Morgan fingerprint density at radius 2 is 2.33 bits per heavy atom. The Kier molecular flexibility index (Phi) is 5.61. The number of aryl methyl sites for hydroxylation is 1. The minimum atomic E-state index is -0.656. The Labute approximate surface area is 133 Å². The average Bonchev–Trinajstić information content (AvgIpc) is 2.75. The summed E-state index contributed by atoms with van der Waals surface area (Å²) in [7, 11) is 1.79. The van der Waals surface area contributed by atoms with Crippen LogP contribution in [0.4, 0.5) is 0 Å². The van der Waals surface area contributed by atoms with E-state index in [4.69, 9.17) is 4.74 Å². The van der Waals surface area contributed by atoms with Gasteiger partial charge in [0.15, 0.2) is 0 Å². The summed E-state index contributed by atoms with van der Waals surface area (Å²) in [6, 6.07) is 5.61. The van der Waals surface area contributed by atoms with Gasteiger partial charge in [-0.1, -0.05) is 6.07 Å². The Morgan fingerprint density at radius 1 is 1.57 bits per heavy atom. The van der Waals surface area contributed by atoms with Gasteiger partial charge in [0, 0.05) is 20.1 Å². The predicted molar refractivity (Wildman–Crippen MR) is 84.4 cm³/mol. The van der Waals surface area contributed by atoms with Crippen molar-refractivity contribution in [1.29, 1.82) is 0 Å². The van der Waals surface area contributed by atoms with Crippen molar-refractivity contribution in [3.05, 3.63) is 28.2 Å². The highest BCUT2D eigenvalue weighted by Crippen LogP contribution is 2.25. The lowest BCUT2D eigenvalue weighted by atomic mass is 10.2. The first-order valence-electron chi connectivity index (χ1n) is 7.02. The molecule has 1 heterocycles. The number of aliphatic hydroxyl groups is 1. The van der Waals surface area contributed by atoms with Crippen LogP contribution in [-0.2, 0) is 4.79 Å². The number of nitrogens with zero attached hydrogens (tertiary/aromatic N) is 1. The van der Waals surface area contributed by atoms with Crippen LogP contribution in [0.2, 0.25) is 0 Å². The lowest BCUT2D eigenvalue weighted by Gasteiger charge is -2.17. The Morgan fingerprint density at radius 3 is 2.95 bits per heavy atom. The number of halogens is 1. The minimum Gasteiger partial charge on any atom is -0.490 e. The highest BCUT2D eigenvalue weighted by molar-refractivity contribution is 9.10. The molecule has 2 atom stereocenters. The maximum absolute atomic E-state index is 11.7. The molecule has 1 amide bonds. The van der Waals surface area contributed by atoms with E-state index >= 15 is 0 Å². The number of carbonyl (C=O) groups excluding carboxylic acids is 1. The molecule has 0 saturated carbocycles. The van der Waals surface area contributed by atoms with Crippen LogP contribution in [0.25, 0.3) is 0 Å². The van der Waals surface area contributed by atoms with E-state index in [0.29, 0.717) is 12.3 Å². The molecule has 0 aromatic heterocycles. The molecule has 1 saturated heterocycles. The molecule has 5 nitrogen and oxygen atoms in total. The van der Waals surface area contributed by atoms with E-state index < -0.39 is 6.10 Å². The summed E-state index contributed by atoms with van der Waals surface area (Å²) < 4.78 is 6.46. The lowest BCUT2D eigenvalue weighted by molar-refractivity contribution is -0.128. The fourth-order valence-electron chi connectivity index (χ4n) is 2.26. The minimum absolute atomic E-state index is 0.0874. The zero-order chi connectivity index (χ0) is 15.4. The fraction of sp³-hybridized carbons (Fsp3) is 0.533. The van der Waals surface area contributed by atoms with Gasteiger partial charge in [0.05, 0.1) is 10.5 Å². The molecular formula is C15H21BrN2O3. The van der Waals surface area contributed by atoms with Gasteiger partial charge in [-0.05, 0) is 47.0 Å². The fourth-order valence-corrected chi connectivity index (χ4v) is 2.87. The molecule has 116 valence electrons. The molecule has 0 radical (unpaired) electrons. The van der Waals surface area contributed by atoms with Crippen molar-refractivity contribution in [2.24, 2.45) is 0 Å². The van der Waals surface area contributed by atoms with E-state index in [1.807, 2.05) is 25.1 Å². The molecule has 1 aliphatic rings. The smallest absolute Gasteiger partial charge is 0.239 e. The molecule has 0 spiro atoms. The van der Waals surface area contributed by atoms with Gasteiger partial charge in [-0.15, -0.1) is 0 Å². The van der Waals surface area contributed by atoms with Crippen molar-refractivity contribution in [3.8, 4) is 5.75 Å². The molecule has 6 heteroatoms. The third-order valence-corrected chi connectivity index (χ3v) is 4.17. The van der Waals surface area contributed by atoms with E-state index in [-0.39, 0.29) is 18.6 Å². The second kappa shape index (κ2) is 7.24. The maximum Gasteiger partial charge on any atom is 0.239 e. The second-order valence-electron chi connectivity index (χ2n) is 5.41. The number of hydrogen-bond donors (Lipinski definition) is 2. The highest BCUT2D eigenvalue weighted by atomic mass is 79.9. The van der Waals surface area contributed by atoms with Gasteiger partial charge in [-0.25, -0.2) is 0 Å².